The number of para-hydroxylation sites is 1. The fourth-order valence-electron chi connectivity index (χ4n) is 3.94. The maximum Gasteiger partial charge on any atom is 0.288 e. The molecule has 39 heavy (non-hydrogen) atoms. The number of rotatable bonds is 8. The molecule has 202 valence electrons. The summed E-state index contributed by atoms with van der Waals surface area (Å²) in [6.45, 7) is 7.66. The van der Waals surface area contributed by atoms with Crippen LogP contribution in [-0.4, -0.2) is 38.0 Å². The van der Waals surface area contributed by atoms with Crippen LogP contribution in [0.4, 0.5) is 11.5 Å². The standard InChI is InChI=1S/C28H28ClN5O5/c1-18-8-5-6-10-22(18)33-25(15-24(31-33)28(2,3)4)30-26(35)17-32(16-20-9-7-13-39-20)27(36)19-11-12-21(29)23(14-19)34(37)38/h5-15H,16-17H2,1-4H3,(H,30,35). The zero-order valence-corrected chi connectivity index (χ0v) is 22.7. The molecule has 11 heteroatoms. The second kappa shape index (κ2) is 11.1. The summed E-state index contributed by atoms with van der Waals surface area (Å²) in [5.74, 6) is -0.177. The highest BCUT2D eigenvalue weighted by Crippen LogP contribution is 2.28. The minimum absolute atomic E-state index is 0.0189. The third-order valence-corrected chi connectivity index (χ3v) is 6.35. The van der Waals surface area contributed by atoms with Gasteiger partial charge in [0.2, 0.25) is 5.91 Å². The van der Waals surface area contributed by atoms with Crippen LogP contribution in [0, 0.1) is 17.0 Å². The van der Waals surface area contributed by atoms with Crippen LogP contribution < -0.4 is 5.32 Å². The summed E-state index contributed by atoms with van der Waals surface area (Å²) in [5.41, 5.74) is 1.89. The number of nitrogens with zero attached hydrogens (tertiary/aromatic N) is 4. The van der Waals surface area contributed by atoms with Gasteiger partial charge in [-0.1, -0.05) is 50.6 Å². The number of amides is 2. The van der Waals surface area contributed by atoms with Gasteiger partial charge in [-0.2, -0.15) is 5.10 Å². The van der Waals surface area contributed by atoms with E-state index in [0.29, 0.717) is 11.6 Å². The number of halogens is 1. The van der Waals surface area contributed by atoms with E-state index in [2.05, 4.69) is 5.32 Å². The van der Waals surface area contributed by atoms with E-state index < -0.39 is 22.4 Å². The molecule has 0 bridgehead atoms. The number of aryl methyl sites for hydroxylation is 1. The number of carbonyl (C=O) groups excluding carboxylic acids is 2. The number of benzene rings is 2. The lowest BCUT2D eigenvalue weighted by atomic mass is 9.92. The van der Waals surface area contributed by atoms with Crippen molar-refractivity contribution in [1.29, 1.82) is 0 Å². The number of nitro benzene ring substituents is 1. The van der Waals surface area contributed by atoms with Crippen molar-refractivity contribution in [3.63, 3.8) is 0 Å². The van der Waals surface area contributed by atoms with Gasteiger partial charge in [0.25, 0.3) is 11.6 Å². The van der Waals surface area contributed by atoms with E-state index in [9.17, 15) is 19.7 Å². The van der Waals surface area contributed by atoms with Gasteiger partial charge in [-0.05, 0) is 42.8 Å². The van der Waals surface area contributed by atoms with Gasteiger partial charge in [0.05, 0.1) is 29.1 Å². The molecule has 1 N–H and O–H groups in total. The zero-order chi connectivity index (χ0) is 28.3. The van der Waals surface area contributed by atoms with E-state index in [1.165, 1.54) is 23.3 Å². The minimum atomic E-state index is -0.664. The molecule has 4 rings (SSSR count). The quantitative estimate of drug-likeness (QED) is 0.215. The number of hydrogen-bond acceptors (Lipinski definition) is 6. The largest absolute Gasteiger partial charge is 0.467 e. The molecule has 2 heterocycles. The van der Waals surface area contributed by atoms with E-state index >= 15 is 0 Å². The highest BCUT2D eigenvalue weighted by atomic mass is 35.5. The Hall–Kier alpha value is -4.44. The van der Waals surface area contributed by atoms with Gasteiger partial charge in [0, 0.05) is 23.1 Å². The molecule has 0 atom stereocenters. The Bertz CT molecular complexity index is 1520. The van der Waals surface area contributed by atoms with Crippen molar-refractivity contribution >= 4 is 34.9 Å². The molecule has 0 fully saturated rings. The molecule has 0 unspecified atom stereocenters. The van der Waals surface area contributed by atoms with Crippen LogP contribution in [0.1, 0.15) is 48.1 Å². The van der Waals surface area contributed by atoms with Crippen molar-refractivity contribution in [2.24, 2.45) is 0 Å². The second-order valence-corrected chi connectivity index (χ2v) is 10.5. The number of nitro groups is 1. The van der Waals surface area contributed by atoms with Crippen LogP contribution in [0.2, 0.25) is 5.02 Å². The highest BCUT2D eigenvalue weighted by molar-refractivity contribution is 6.32. The summed E-state index contributed by atoms with van der Waals surface area (Å²) in [6.07, 6.45) is 1.46. The zero-order valence-electron chi connectivity index (χ0n) is 22.0. The number of carbonyl (C=O) groups is 2. The first-order chi connectivity index (χ1) is 18.4. The minimum Gasteiger partial charge on any atom is -0.467 e. The molecule has 0 aliphatic rings. The summed E-state index contributed by atoms with van der Waals surface area (Å²) >= 11 is 5.92. The van der Waals surface area contributed by atoms with Crippen LogP contribution in [0.5, 0.6) is 0 Å². The average molecular weight is 550 g/mol. The Morgan fingerprint density at radius 2 is 1.87 bits per heavy atom. The van der Waals surface area contributed by atoms with Crippen molar-refractivity contribution in [2.75, 3.05) is 11.9 Å². The van der Waals surface area contributed by atoms with E-state index in [0.717, 1.165) is 23.0 Å². The van der Waals surface area contributed by atoms with Gasteiger partial charge in [-0.3, -0.25) is 19.7 Å². The fraction of sp³-hybridized carbons (Fsp3) is 0.250. The van der Waals surface area contributed by atoms with E-state index in [4.69, 9.17) is 21.1 Å². The van der Waals surface area contributed by atoms with Gasteiger partial charge in [0.1, 0.15) is 23.1 Å². The number of hydrogen-bond donors (Lipinski definition) is 1. The third kappa shape index (κ3) is 6.35. The van der Waals surface area contributed by atoms with Crippen molar-refractivity contribution in [3.8, 4) is 5.69 Å². The Labute approximate surface area is 230 Å². The lowest BCUT2D eigenvalue weighted by Crippen LogP contribution is -2.37. The average Bonchev–Trinajstić information content (AvgIpc) is 3.54. The summed E-state index contributed by atoms with van der Waals surface area (Å²) in [5, 5.41) is 18.9. The number of nitrogens with one attached hydrogen (secondary N) is 1. The molecule has 0 aliphatic carbocycles. The maximum absolute atomic E-state index is 13.4. The molecule has 2 aromatic carbocycles. The molecule has 10 nitrogen and oxygen atoms in total. The Balaban J connectivity index is 1.64. The number of aromatic nitrogens is 2. The summed E-state index contributed by atoms with van der Waals surface area (Å²) in [4.78, 5) is 38.7. The van der Waals surface area contributed by atoms with Gasteiger partial charge in [-0.15, -0.1) is 0 Å². The predicted octanol–water partition coefficient (Wildman–Crippen LogP) is 5.91. The second-order valence-electron chi connectivity index (χ2n) is 10.1. The fourth-order valence-corrected chi connectivity index (χ4v) is 4.12. The molecule has 0 aliphatic heterocycles. The van der Waals surface area contributed by atoms with E-state index in [-0.39, 0.29) is 29.1 Å². The topological polar surface area (TPSA) is 124 Å². The summed E-state index contributed by atoms with van der Waals surface area (Å²) in [7, 11) is 0. The van der Waals surface area contributed by atoms with Crippen LogP contribution in [0.15, 0.2) is 71.3 Å². The predicted molar refractivity (Wildman–Crippen MR) is 147 cm³/mol. The van der Waals surface area contributed by atoms with Gasteiger partial charge in [0.15, 0.2) is 0 Å². The summed E-state index contributed by atoms with van der Waals surface area (Å²) < 4.78 is 7.07. The smallest absolute Gasteiger partial charge is 0.288 e. The Morgan fingerprint density at radius 3 is 2.51 bits per heavy atom. The molecule has 2 amide bonds. The molecule has 0 saturated heterocycles. The summed E-state index contributed by atoms with van der Waals surface area (Å²) in [6, 6.07) is 16.6. The number of anilines is 1. The molecular formula is C28H28ClN5O5. The van der Waals surface area contributed by atoms with Gasteiger partial charge < -0.3 is 14.6 Å². The molecule has 0 spiro atoms. The Kier molecular flexibility index (Phi) is 7.87. The van der Waals surface area contributed by atoms with Gasteiger partial charge >= 0.3 is 0 Å². The van der Waals surface area contributed by atoms with Crippen molar-refractivity contribution in [3.05, 3.63) is 105 Å². The van der Waals surface area contributed by atoms with Crippen molar-refractivity contribution in [1.82, 2.24) is 14.7 Å². The van der Waals surface area contributed by atoms with Gasteiger partial charge in [-0.25, -0.2) is 4.68 Å². The van der Waals surface area contributed by atoms with Crippen molar-refractivity contribution < 1.29 is 18.9 Å². The first kappa shape index (κ1) is 27.6. The third-order valence-electron chi connectivity index (χ3n) is 6.03. The molecule has 2 aromatic heterocycles. The molecule has 0 radical (unpaired) electrons. The van der Waals surface area contributed by atoms with E-state index in [1.54, 1.807) is 16.8 Å². The SMILES string of the molecule is Cc1ccccc1-n1nc(C(C)(C)C)cc1NC(=O)CN(Cc1ccco1)C(=O)c1ccc(Cl)c([N+](=O)[O-])c1. The first-order valence-electron chi connectivity index (χ1n) is 12.2. The first-order valence-corrected chi connectivity index (χ1v) is 12.5. The van der Waals surface area contributed by atoms with E-state index in [1.807, 2.05) is 58.0 Å². The van der Waals surface area contributed by atoms with Crippen LogP contribution in [0.3, 0.4) is 0 Å². The molecule has 4 aromatic rings. The van der Waals surface area contributed by atoms with Crippen LogP contribution >= 0.6 is 11.6 Å². The Morgan fingerprint density at radius 1 is 1.13 bits per heavy atom. The lowest BCUT2D eigenvalue weighted by molar-refractivity contribution is -0.384. The molecule has 0 saturated carbocycles. The number of furan rings is 1. The van der Waals surface area contributed by atoms with Crippen molar-refractivity contribution in [2.45, 2.75) is 39.7 Å². The monoisotopic (exact) mass is 549 g/mol. The molecular weight excluding hydrogens is 522 g/mol. The van der Waals surface area contributed by atoms with Crippen LogP contribution in [0.25, 0.3) is 5.69 Å². The normalized spacial score (nSPS) is 11.3. The lowest BCUT2D eigenvalue weighted by Gasteiger charge is -2.21. The highest BCUT2D eigenvalue weighted by Gasteiger charge is 2.26. The van der Waals surface area contributed by atoms with Crippen LogP contribution in [-0.2, 0) is 16.8 Å². The maximum atomic E-state index is 13.4.